The molecule has 2 rings (SSSR count). The van der Waals surface area contributed by atoms with Crippen LogP contribution in [0.2, 0.25) is 0 Å². The maximum Gasteiger partial charge on any atom is 0.163 e. The number of nitrogens with two attached hydrogens (primary N) is 1. The molecule has 0 amide bonds. The van der Waals surface area contributed by atoms with Gasteiger partial charge in [0.2, 0.25) is 0 Å². The normalized spacial score (nSPS) is 11.5. The summed E-state index contributed by atoms with van der Waals surface area (Å²) in [5, 5.41) is 7.33. The Bertz CT molecular complexity index is 642. The SMILES string of the molecule is COc1cc(-c2cn[nH]c2C(C)(C)C)cc(CCN)c1OC. The lowest BCUT2D eigenvalue weighted by Gasteiger charge is -2.20. The van der Waals surface area contributed by atoms with E-state index in [2.05, 4.69) is 37.0 Å². The molecule has 0 unspecified atom stereocenters. The lowest BCUT2D eigenvalue weighted by Crippen LogP contribution is -2.13. The number of aromatic amines is 1. The van der Waals surface area contributed by atoms with E-state index in [-0.39, 0.29) is 5.41 Å². The second-order valence-corrected chi connectivity index (χ2v) is 6.32. The molecule has 0 spiro atoms. The minimum absolute atomic E-state index is 0.0208. The van der Waals surface area contributed by atoms with Crippen LogP contribution in [0.15, 0.2) is 18.3 Å². The minimum atomic E-state index is -0.0208. The maximum atomic E-state index is 5.73. The van der Waals surface area contributed by atoms with Crippen molar-refractivity contribution < 1.29 is 9.47 Å². The van der Waals surface area contributed by atoms with Crippen molar-refractivity contribution in [2.24, 2.45) is 5.73 Å². The van der Waals surface area contributed by atoms with E-state index < -0.39 is 0 Å². The first-order chi connectivity index (χ1) is 10.4. The molecule has 5 nitrogen and oxygen atoms in total. The first kappa shape index (κ1) is 16.4. The summed E-state index contributed by atoms with van der Waals surface area (Å²) in [6.45, 7) is 7.03. The number of nitrogens with one attached hydrogen (secondary N) is 1. The lowest BCUT2D eigenvalue weighted by atomic mass is 9.87. The van der Waals surface area contributed by atoms with E-state index in [1.54, 1.807) is 14.2 Å². The van der Waals surface area contributed by atoms with Crippen molar-refractivity contribution >= 4 is 0 Å². The molecule has 0 aliphatic heterocycles. The standard InChI is InChI=1S/C17H25N3O2/c1-17(2,3)16-13(10-19-20-16)12-8-11(6-7-18)15(22-5)14(9-12)21-4/h8-10H,6-7,18H2,1-5H3,(H,19,20). The predicted molar refractivity (Wildman–Crippen MR) is 88.6 cm³/mol. The van der Waals surface area contributed by atoms with Crippen LogP contribution in [0.3, 0.4) is 0 Å². The number of H-pyrrole nitrogens is 1. The zero-order chi connectivity index (χ0) is 16.3. The van der Waals surface area contributed by atoms with Gasteiger partial charge in [-0.25, -0.2) is 0 Å². The minimum Gasteiger partial charge on any atom is -0.493 e. The molecule has 0 fully saturated rings. The van der Waals surface area contributed by atoms with Gasteiger partial charge in [0.25, 0.3) is 0 Å². The maximum absolute atomic E-state index is 5.73. The number of nitrogens with zero attached hydrogens (tertiary/aromatic N) is 1. The van der Waals surface area contributed by atoms with Gasteiger partial charge in [0.05, 0.1) is 20.4 Å². The molecule has 3 N–H and O–H groups in total. The largest absolute Gasteiger partial charge is 0.493 e. The second kappa shape index (κ2) is 6.40. The van der Waals surface area contributed by atoms with Gasteiger partial charge in [0.1, 0.15) is 0 Å². The van der Waals surface area contributed by atoms with E-state index in [1.165, 1.54) is 0 Å². The van der Waals surface area contributed by atoms with E-state index in [0.717, 1.165) is 34.6 Å². The van der Waals surface area contributed by atoms with Crippen molar-refractivity contribution in [3.8, 4) is 22.6 Å². The highest BCUT2D eigenvalue weighted by atomic mass is 16.5. The Morgan fingerprint density at radius 2 is 1.91 bits per heavy atom. The molecule has 120 valence electrons. The van der Waals surface area contributed by atoms with Gasteiger partial charge in [-0.3, -0.25) is 5.10 Å². The van der Waals surface area contributed by atoms with Crippen LogP contribution in [-0.2, 0) is 11.8 Å². The number of ether oxygens (including phenoxy) is 2. The van der Waals surface area contributed by atoms with Crippen molar-refractivity contribution in [3.05, 3.63) is 29.6 Å². The molecule has 0 saturated heterocycles. The molecule has 5 heteroatoms. The van der Waals surface area contributed by atoms with Crippen molar-refractivity contribution in [2.45, 2.75) is 32.6 Å². The summed E-state index contributed by atoms with van der Waals surface area (Å²) in [6.07, 6.45) is 2.59. The van der Waals surface area contributed by atoms with E-state index in [4.69, 9.17) is 15.2 Å². The Morgan fingerprint density at radius 3 is 2.45 bits per heavy atom. The molecular weight excluding hydrogens is 278 g/mol. The average molecular weight is 303 g/mol. The summed E-state index contributed by atoms with van der Waals surface area (Å²) in [7, 11) is 3.30. The highest BCUT2D eigenvalue weighted by Crippen LogP contribution is 2.39. The average Bonchev–Trinajstić information content (AvgIpc) is 2.96. The highest BCUT2D eigenvalue weighted by molar-refractivity contribution is 5.71. The Labute approximate surface area is 131 Å². The van der Waals surface area contributed by atoms with E-state index in [1.807, 2.05) is 12.3 Å². The molecule has 0 aliphatic carbocycles. The first-order valence-electron chi connectivity index (χ1n) is 7.41. The van der Waals surface area contributed by atoms with E-state index >= 15 is 0 Å². The molecule has 1 aromatic carbocycles. The van der Waals surface area contributed by atoms with E-state index in [9.17, 15) is 0 Å². The number of aromatic nitrogens is 2. The van der Waals surface area contributed by atoms with Gasteiger partial charge < -0.3 is 15.2 Å². The van der Waals surface area contributed by atoms with E-state index in [0.29, 0.717) is 12.3 Å². The Morgan fingerprint density at radius 1 is 1.18 bits per heavy atom. The summed E-state index contributed by atoms with van der Waals surface area (Å²) in [6, 6.07) is 4.09. The molecular formula is C17H25N3O2. The Balaban J connectivity index is 2.62. The zero-order valence-corrected chi connectivity index (χ0v) is 14.0. The Hall–Kier alpha value is -2.01. The van der Waals surface area contributed by atoms with Crippen LogP contribution in [0, 0.1) is 0 Å². The lowest BCUT2D eigenvalue weighted by molar-refractivity contribution is 0.352. The molecule has 1 aromatic heterocycles. The van der Waals surface area contributed by atoms with Crippen molar-refractivity contribution in [3.63, 3.8) is 0 Å². The fourth-order valence-corrected chi connectivity index (χ4v) is 2.62. The smallest absolute Gasteiger partial charge is 0.163 e. The van der Waals surface area contributed by atoms with Crippen molar-refractivity contribution in [1.29, 1.82) is 0 Å². The summed E-state index contributed by atoms with van der Waals surface area (Å²) in [4.78, 5) is 0. The summed E-state index contributed by atoms with van der Waals surface area (Å²) in [5.74, 6) is 1.46. The van der Waals surface area contributed by atoms with Gasteiger partial charge in [-0.2, -0.15) is 5.10 Å². The summed E-state index contributed by atoms with van der Waals surface area (Å²) < 4.78 is 11.0. The van der Waals surface area contributed by atoms with Crippen LogP contribution >= 0.6 is 0 Å². The van der Waals surface area contributed by atoms with Crippen LogP contribution in [-0.4, -0.2) is 31.0 Å². The molecule has 0 radical (unpaired) electrons. The van der Waals surface area contributed by atoms with Crippen LogP contribution < -0.4 is 15.2 Å². The number of rotatable bonds is 5. The van der Waals surface area contributed by atoms with Gasteiger partial charge in [-0.05, 0) is 36.2 Å². The van der Waals surface area contributed by atoms with Crippen molar-refractivity contribution in [2.75, 3.05) is 20.8 Å². The van der Waals surface area contributed by atoms with Crippen LogP contribution in [0.1, 0.15) is 32.0 Å². The summed E-state index contributed by atoms with van der Waals surface area (Å²) in [5.41, 5.74) is 9.98. The molecule has 22 heavy (non-hydrogen) atoms. The third kappa shape index (κ3) is 3.09. The molecule has 0 atom stereocenters. The Kier molecular flexibility index (Phi) is 4.76. The molecule has 0 saturated carbocycles. The second-order valence-electron chi connectivity index (χ2n) is 6.32. The number of hydrogen-bond acceptors (Lipinski definition) is 4. The third-order valence-corrected chi connectivity index (χ3v) is 3.67. The molecule has 2 aromatic rings. The molecule has 1 heterocycles. The number of benzene rings is 1. The third-order valence-electron chi connectivity index (χ3n) is 3.67. The topological polar surface area (TPSA) is 73.2 Å². The number of methoxy groups -OCH3 is 2. The fourth-order valence-electron chi connectivity index (χ4n) is 2.62. The van der Waals surface area contributed by atoms with Gasteiger partial charge in [0.15, 0.2) is 11.5 Å². The van der Waals surface area contributed by atoms with Gasteiger partial charge in [0, 0.05) is 16.7 Å². The van der Waals surface area contributed by atoms with Gasteiger partial charge in [-0.15, -0.1) is 0 Å². The fraction of sp³-hybridized carbons (Fsp3) is 0.471. The van der Waals surface area contributed by atoms with Gasteiger partial charge >= 0.3 is 0 Å². The molecule has 0 aliphatic rings. The predicted octanol–water partition coefficient (Wildman–Crippen LogP) is 2.89. The van der Waals surface area contributed by atoms with Crippen LogP contribution in [0.5, 0.6) is 11.5 Å². The highest BCUT2D eigenvalue weighted by Gasteiger charge is 2.22. The zero-order valence-electron chi connectivity index (χ0n) is 14.0. The van der Waals surface area contributed by atoms with Crippen LogP contribution in [0.4, 0.5) is 0 Å². The van der Waals surface area contributed by atoms with Gasteiger partial charge in [-0.1, -0.05) is 20.8 Å². The monoisotopic (exact) mass is 303 g/mol. The summed E-state index contributed by atoms with van der Waals surface area (Å²) >= 11 is 0. The number of hydrogen-bond donors (Lipinski definition) is 2. The van der Waals surface area contributed by atoms with Crippen molar-refractivity contribution in [1.82, 2.24) is 10.2 Å². The quantitative estimate of drug-likeness (QED) is 0.891. The first-order valence-corrected chi connectivity index (χ1v) is 7.41. The van der Waals surface area contributed by atoms with Crippen LogP contribution in [0.25, 0.3) is 11.1 Å². The molecule has 0 bridgehead atoms.